The van der Waals surface area contributed by atoms with E-state index in [1.165, 1.54) is 77.0 Å². The zero-order valence-electron chi connectivity index (χ0n) is 22.8. The molecule has 3 saturated carbocycles. The molecule has 0 heteroatoms. The predicted octanol–water partition coefficient (Wildman–Crippen LogP) is 9.92. The van der Waals surface area contributed by atoms with Crippen molar-refractivity contribution < 1.29 is 0 Å². The molecule has 33 heavy (non-hydrogen) atoms. The molecule has 5 rings (SSSR count). The molecule has 0 saturated heterocycles. The Morgan fingerprint density at radius 3 is 2.42 bits per heavy atom. The lowest BCUT2D eigenvalue weighted by Gasteiger charge is -2.60. The Kier molecular flexibility index (Phi) is 6.32. The third-order valence-corrected chi connectivity index (χ3v) is 12.1. The van der Waals surface area contributed by atoms with E-state index in [9.17, 15) is 0 Å². The first-order valence-electron chi connectivity index (χ1n) is 14.8. The second-order valence-corrected chi connectivity index (χ2v) is 14.3. The van der Waals surface area contributed by atoms with Crippen molar-refractivity contribution in [2.75, 3.05) is 0 Å². The van der Waals surface area contributed by atoms with Gasteiger partial charge in [0.2, 0.25) is 0 Å². The molecule has 0 unspecified atom stereocenters. The van der Waals surface area contributed by atoms with E-state index in [0.717, 1.165) is 35.5 Å². The van der Waals surface area contributed by atoms with E-state index in [2.05, 4.69) is 65.8 Å². The van der Waals surface area contributed by atoms with Gasteiger partial charge < -0.3 is 0 Å². The minimum Gasteiger partial charge on any atom is -0.0804 e. The van der Waals surface area contributed by atoms with Crippen LogP contribution in [-0.2, 0) is 0 Å². The predicted molar refractivity (Wildman–Crippen MR) is 143 cm³/mol. The summed E-state index contributed by atoms with van der Waals surface area (Å²) in [7, 11) is 0. The van der Waals surface area contributed by atoms with Gasteiger partial charge in [0.15, 0.2) is 0 Å². The summed E-state index contributed by atoms with van der Waals surface area (Å²) in [6, 6.07) is 0. The average Bonchev–Trinajstić information content (AvgIpc) is 3.42. The fourth-order valence-electron chi connectivity index (χ4n) is 10.0. The Bertz CT molecular complexity index is 825. The molecule has 0 N–H and O–H groups in total. The molecule has 0 nitrogen and oxygen atoms in total. The minimum absolute atomic E-state index is 0.318. The van der Waals surface area contributed by atoms with Gasteiger partial charge in [-0.05, 0) is 104 Å². The lowest BCUT2D eigenvalue weighted by Crippen LogP contribution is -2.51. The van der Waals surface area contributed by atoms with Gasteiger partial charge in [0.1, 0.15) is 0 Å². The number of hydrogen-bond donors (Lipinski definition) is 0. The Labute approximate surface area is 205 Å². The van der Waals surface area contributed by atoms with Crippen molar-refractivity contribution in [2.24, 2.45) is 51.8 Å². The van der Waals surface area contributed by atoms with Gasteiger partial charge in [-0.3, -0.25) is 0 Å². The van der Waals surface area contributed by atoms with Gasteiger partial charge in [-0.1, -0.05) is 96.3 Å². The van der Waals surface area contributed by atoms with Crippen LogP contribution in [0, 0.1) is 51.8 Å². The number of hydrogen-bond acceptors (Lipinski definition) is 0. The SMILES string of the molecule is CC(C)CCC[C@@H](C)[C@H]1CC[C@H]2[C@@H]3CCC4=C[C@@](C)(C5=CC=CC5)CC[C@]4(C)[C@H]3CC[C@]12C. The molecule has 0 radical (unpaired) electrons. The van der Waals surface area contributed by atoms with Crippen molar-refractivity contribution in [2.45, 2.75) is 119 Å². The van der Waals surface area contributed by atoms with E-state index in [0.29, 0.717) is 16.2 Å². The zero-order chi connectivity index (χ0) is 23.4. The second kappa shape index (κ2) is 8.71. The first-order valence-corrected chi connectivity index (χ1v) is 14.8. The summed E-state index contributed by atoms with van der Waals surface area (Å²) in [5, 5.41) is 0. The Hall–Kier alpha value is -0.780. The van der Waals surface area contributed by atoms with Crippen LogP contribution < -0.4 is 0 Å². The molecule has 0 aliphatic heterocycles. The topological polar surface area (TPSA) is 0 Å². The molecular weight excluding hydrogens is 396 g/mol. The van der Waals surface area contributed by atoms with Gasteiger partial charge >= 0.3 is 0 Å². The van der Waals surface area contributed by atoms with Crippen LogP contribution in [0.15, 0.2) is 35.5 Å². The summed E-state index contributed by atoms with van der Waals surface area (Å²) in [6.07, 6.45) is 27.1. The van der Waals surface area contributed by atoms with Crippen LogP contribution in [0.3, 0.4) is 0 Å². The average molecular weight is 449 g/mol. The van der Waals surface area contributed by atoms with Crippen LogP contribution >= 0.6 is 0 Å². The largest absolute Gasteiger partial charge is 0.0804 e. The van der Waals surface area contributed by atoms with Crippen LogP contribution in [-0.4, -0.2) is 0 Å². The molecule has 184 valence electrons. The van der Waals surface area contributed by atoms with Crippen LogP contribution in [0.1, 0.15) is 119 Å². The third-order valence-electron chi connectivity index (χ3n) is 12.1. The molecule has 0 aromatic heterocycles. The summed E-state index contributed by atoms with van der Waals surface area (Å²) < 4.78 is 0. The Morgan fingerprint density at radius 2 is 1.70 bits per heavy atom. The summed E-state index contributed by atoms with van der Waals surface area (Å²) in [6.45, 7) is 15.4. The quantitative estimate of drug-likeness (QED) is 0.355. The molecule has 0 aromatic rings. The van der Waals surface area contributed by atoms with Gasteiger partial charge in [0, 0.05) is 5.41 Å². The molecule has 5 aliphatic carbocycles. The van der Waals surface area contributed by atoms with Gasteiger partial charge in [0.05, 0.1) is 0 Å². The normalized spacial score (nSPS) is 45.3. The molecule has 3 fully saturated rings. The first-order chi connectivity index (χ1) is 15.7. The van der Waals surface area contributed by atoms with E-state index in [4.69, 9.17) is 0 Å². The van der Waals surface area contributed by atoms with E-state index >= 15 is 0 Å². The highest BCUT2D eigenvalue weighted by Gasteiger charge is 2.59. The smallest absolute Gasteiger partial charge is 0.00719 e. The van der Waals surface area contributed by atoms with Crippen LogP contribution in [0.4, 0.5) is 0 Å². The maximum Gasteiger partial charge on any atom is 0.00719 e. The van der Waals surface area contributed by atoms with Crippen molar-refractivity contribution in [1.82, 2.24) is 0 Å². The fourth-order valence-corrected chi connectivity index (χ4v) is 10.0. The summed E-state index contributed by atoms with van der Waals surface area (Å²) in [5.74, 6) is 5.72. The molecule has 0 spiro atoms. The molecule has 0 heterocycles. The van der Waals surface area contributed by atoms with Crippen LogP contribution in [0.5, 0.6) is 0 Å². The minimum atomic E-state index is 0.318. The Morgan fingerprint density at radius 1 is 0.879 bits per heavy atom. The molecule has 0 bridgehead atoms. The van der Waals surface area contributed by atoms with Crippen molar-refractivity contribution >= 4 is 0 Å². The number of allylic oxidation sites excluding steroid dienone is 6. The first kappa shape index (κ1) is 23.9. The standard InChI is InChI=1S/C33H52/c1-23(2)10-9-11-24(3)28-16-17-29-27-15-14-26-22-31(4,25-12-7-8-13-25)20-21-32(26,5)30(27)18-19-33(28,29)6/h7-8,12,22-24,27-30H,9-11,13-21H2,1-6H3/t24-,27+,28-,29+,30+,31+,32+,33-/m1/s1. The maximum atomic E-state index is 2.79. The molecule has 5 aliphatic rings. The molecular formula is C33H52. The Balaban J connectivity index is 1.32. The summed E-state index contributed by atoms with van der Waals surface area (Å²) in [5.41, 5.74) is 4.95. The zero-order valence-corrected chi connectivity index (χ0v) is 22.8. The maximum absolute atomic E-state index is 2.79. The highest BCUT2D eigenvalue weighted by Crippen LogP contribution is 2.68. The number of rotatable bonds is 6. The molecule has 0 amide bonds. The van der Waals surface area contributed by atoms with Crippen molar-refractivity contribution in [3.63, 3.8) is 0 Å². The van der Waals surface area contributed by atoms with Gasteiger partial charge in [0.25, 0.3) is 0 Å². The second-order valence-electron chi connectivity index (χ2n) is 14.3. The summed E-state index contributed by atoms with van der Waals surface area (Å²) in [4.78, 5) is 0. The van der Waals surface area contributed by atoms with Crippen molar-refractivity contribution in [3.8, 4) is 0 Å². The van der Waals surface area contributed by atoms with E-state index in [-0.39, 0.29) is 0 Å². The lowest BCUT2D eigenvalue weighted by molar-refractivity contribution is -0.0619. The number of fused-ring (bicyclic) bond motifs is 5. The van der Waals surface area contributed by atoms with E-state index in [1.807, 2.05) is 5.57 Å². The van der Waals surface area contributed by atoms with Gasteiger partial charge in [-0.25, -0.2) is 0 Å². The van der Waals surface area contributed by atoms with Crippen LogP contribution in [0.2, 0.25) is 0 Å². The van der Waals surface area contributed by atoms with E-state index in [1.54, 1.807) is 5.57 Å². The third kappa shape index (κ3) is 3.94. The van der Waals surface area contributed by atoms with Crippen molar-refractivity contribution in [3.05, 3.63) is 35.5 Å². The molecule has 8 atom stereocenters. The van der Waals surface area contributed by atoms with E-state index < -0.39 is 0 Å². The van der Waals surface area contributed by atoms with Crippen molar-refractivity contribution in [1.29, 1.82) is 0 Å². The summed E-state index contributed by atoms with van der Waals surface area (Å²) >= 11 is 0. The van der Waals surface area contributed by atoms with Crippen LogP contribution in [0.25, 0.3) is 0 Å². The monoisotopic (exact) mass is 448 g/mol. The highest BCUT2D eigenvalue weighted by atomic mass is 14.6. The van der Waals surface area contributed by atoms with Gasteiger partial charge in [-0.15, -0.1) is 0 Å². The molecule has 0 aromatic carbocycles. The lowest BCUT2D eigenvalue weighted by atomic mass is 9.45. The van der Waals surface area contributed by atoms with Gasteiger partial charge in [-0.2, -0.15) is 0 Å². The fraction of sp³-hybridized carbons (Fsp3) is 0.818. The highest BCUT2D eigenvalue weighted by molar-refractivity contribution is 5.37.